The van der Waals surface area contributed by atoms with Crippen molar-refractivity contribution in [2.24, 2.45) is 0 Å². The molecular weight excluding hydrogens is 378 g/mol. The monoisotopic (exact) mass is 401 g/mol. The van der Waals surface area contributed by atoms with Crippen molar-refractivity contribution in [2.45, 2.75) is 13.0 Å². The molecule has 29 heavy (non-hydrogen) atoms. The molecular formula is C21H23NO7. The molecule has 0 spiro atoms. The van der Waals surface area contributed by atoms with Crippen LogP contribution in [0.15, 0.2) is 48.5 Å². The number of ether oxygens (including phenoxy) is 4. The Kier molecular flexibility index (Phi) is 8.02. The highest BCUT2D eigenvalue weighted by Gasteiger charge is 2.20. The van der Waals surface area contributed by atoms with Crippen molar-refractivity contribution in [3.05, 3.63) is 54.1 Å². The number of hydrogen-bond acceptors (Lipinski definition) is 7. The maximum Gasteiger partial charge on any atom is 0.328 e. The molecule has 8 nitrogen and oxygen atoms in total. The van der Waals surface area contributed by atoms with Gasteiger partial charge in [0.2, 0.25) is 5.78 Å². The number of benzene rings is 2. The van der Waals surface area contributed by atoms with Gasteiger partial charge in [-0.1, -0.05) is 18.2 Å². The lowest BCUT2D eigenvalue weighted by molar-refractivity contribution is -0.146. The molecule has 0 aliphatic rings. The van der Waals surface area contributed by atoms with Gasteiger partial charge in [-0.25, -0.2) is 4.79 Å². The van der Waals surface area contributed by atoms with E-state index in [1.807, 2.05) is 6.07 Å². The Morgan fingerprint density at radius 1 is 0.931 bits per heavy atom. The first-order valence-corrected chi connectivity index (χ1v) is 8.83. The number of hydrogen-bond donors (Lipinski definition) is 1. The number of rotatable bonds is 10. The summed E-state index contributed by atoms with van der Waals surface area (Å²) < 4.78 is 20.6. The van der Waals surface area contributed by atoms with Crippen LogP contribution in [0.5, 0.6) is 17.2 Å². The second-order valence-electron chi connectivity index (χ2n) is 5.99. The molecule has 0 aromatic heterocycles. The Morgan fingerprint density at radius 3 is 2.31 bits per heavy atom. The summed E-state index contributed by atoms with van der Waals surface area (Å²) in [5.74, 6) is -0.339. The van der Waals surface area contributed by atoms with E-state index >= 15 is 0 Å². The van der Waals surface area contributed by atoms with Crippen molar-refractivity contribution in [1.29, 1.82) is 0 Å². The van der Waals surface area contributed by atoms with E-state index in [1.54, 1.807) is 36.4 Å². The molecule has 0 aliphatic carbocycles. The van der Waals surface area contributed by atoms with Gasteiger partial charge in [0.15, 0.2) is 13.2 Å². The van der Waals surface area contributed by atoms with Gasteiger partial charge < -0.3 is 24.3 Å². The van der Waals surface area contributed by atoms with E-state index in [1.165, 1.54) is 27.2 Å². The second-order valence-corrected chi connectivity index (χ2v) is 5.99. The third kappa shape index (κ3) is 6.53. The van der Waals surface area contributed by atoms with E-state index in [0.717, 1.165) is 0 Å². The van der Waals surface area contributed by atoms with E-state index in [2.05, 4.69) is 5.32 Å². The molecule has 2 aromatic rings. The minimum absolute atomic E-state index is 0.229. The highest BCUT2D eigenvalue weighted by atomic mass is 16.5. The lowest BCUT2D eigenvalue weighted by Crippen LogP contribution is -2.42. The third-order valence-corrected chi connectivity index (χ3v) is 3.90. The molecule has 0 saturated carbocycles. The lowest BCUT2D eigenvalue weighted by Gasteiger charge is -2.14. The van der Waals surface area contributed by atoms with Gasteiger partial charge in [-0.2, -0.15) is 0 Å². The van der Waals surface area contributed by atoms with Crippen LogP contribution in [0.3, 0.4) is 0 Å². The predicted octanol–water partition coefficient (Wildman–Crippen LogP) is 2.01. The maximum absolute atomic E-state index is 12.4. The number of methoxy groups -OCH3 is 2. The van der Waals surface area contributed by atoms with Crippen LogP contribution in [0, 0.1) is 0 Å². The van der Waals surface area contributed by atoms with Gasteiger partial charge >= 0.3 is 5.97 Å². The molecule has 1 atom stereocenters. The molecule has 154 valence electrons. The van der Waals surface area contributed by atoms with Crippen LogP contribution in [0.25, 0.3) is 0 Å². The molecule has 8 heteroatoms. The summed E-state index contributed by atoms with van der Waals surface area (Å²) in [4.78, 5) is 36.4. The molecule has 2 aromatic carbocycles. The Labute approximate surface area is 168 Å². The molecule has 0 fully saturated rings. The van der Waals surface area contributed by atoms with Gasteiger partial charge in [0, 0.05) is 0 Å². The summed E-state index contributed by atoms with van der Waals surface area (Å²) in [6.07, 6.45) is 0. The van der Waals surface area contributed by atoms with Crippen molar-refractivity contribution in [3.8, 4) is 17.2 Å². The second kappa shape index (κ2) is 10.7. The van der Waals surface area contributed by atoms with Crippen molar-refractivity contribution >= 4 is 17.7 Å². The smallest absolute Gasteiger partial charge is 0.328 e. The highest BCUT2D eigenvalue weighted by molar-refractivity contribution is 6.01. The number of para-hydroxylation sites is 1. The molecule has 0 radical (unpaired) electrons. The zero-order chi connectivity index (χ0) is 21.2. The van der Waals surface area contributed by atoms with Crippen LogP contribution in [0.1, 0.15) is 17.3 Å². The van der Waals surface area contributed by atoms with Gasteiger partial charge in [0.05, 0.1) is 19.8 Å². The molecule has 0 unspecified atom stereocenters. The Morgan fingerprint density at radius 2 is 1.66 bits per heavy atom. The maximum atomic E-state index is 12.4. The predicted molar refractivity (Wildman–Crippen MR) is 104 cm³/mol. The quantitative estimate of drug-likeness (QED) is 0.480. The van der Waals surface area contributed by atoms with E-state index in [0.29, 0.717) is 17.2 Å². The van der Waals surface area contributed by atoms with E-state index in [-0.39, 0.29) is 12.2 Å². The first-order valence-electron chi connectivity index (χ1n) is 8.83. The Balaban J connectivity index is 1.83. The fourth-order valence-electron chi connectivity index (χ4n) is 2.38. The van der Waals surface area contributed by atoms with E-state index in [9.17, 15) is 14.4 Å². The Hall–Kier alpha value is -3.55. The zero-order valence-corrected chi connectivity index (χ0v) is 16.5. The van der Waals surface area contributed by atoms with Crippen molar-refractivity contribution < 1.29 is 33.3 Å². The standard InChI is InChI=1S/C21H23NO7/c1-14(22-20(24)13-28-15-7-5-4-6-8-15)21(25)29-12-18(23)17-11-16(26-2)9-10-19(17)27-3/h4-11,14H,12-13H2,1-3H3,(H,22,24)/t14-/m0/s1. The van der Waals surface area contributed by atoms with Crippen LogP contribution >= 0.6 is 0 Å². The first kappa shape index (κ1) is 21.7. The number of ketones is 1. The molecule has 0 heterocycles. The summed E-state index contributed by atoms with van der Waals surface area (Å²) >= 11 is 0. The van der Waals surface area contributed by atoms with Gasteiger partial charge in [-0.3, -0.25) is 9.59 Å². The molecule has 1 N–H and O–H groups in total. The summed E-state index contributed by atoms with van der Waals surface area (Å²) in [6, 6.07) is 12.6. The minimum Gasteiger partial charge on any atom is -0.497 e. The molecule has 0 bridgehead atoms. The summed E-state index contributed by atoms with van der Waals surface area (Å²) in [6.45, 7) is 0.712. The van der Waals surface area contributed by atoms with Crippen molar-refractivity contribution in [3.63, 3.8) is 0 Å². The lowest BCUT2D eigenvalue weighted by atomic mass is 10.1. The van der Waals surface area contributed by atoms with Gasteiger partial charge in [-0.15, -0.1) is 0 Å². The largest absolute Gasteiger partial charge is 0.497 e. The van der Waals surface area contributed by atoms with Gasteiger partial charge in [-0.05, 0) is 37.3 Å². The topological polar surface area (TPSA) is 100 Å². The summed E-state index contributed by atoms with van der Waals surface area (Å²) in [7, 11) is 2.90. The number of esters is 1. The number of carbonyl (C=O) groups is 3. The van der Waals surface area contributed by atoms with Crippen molar-refractivity contribution in [1.82, 2.24) is 5.32 Å². The van der Waals surface area contributed by atoms with Crippen LogP contribution in [0.2, 0.25) is 0 Å². The fraction of sp³-hybridized carbons (Fsp3) is 0.286. The van der Waals surface area contributed by atoms with E-state index in [4.69, 9.17) is 18.9 Å². The zero-order valence-electron chi connectivity index (χ0n) is 16.5. The van der Waals surface area contributed by atoms with Crippen LogP contribution in [-0.4, -0.2) is 51.1 Å². The molecule has 1 amide bonds. The number of nitrogens with one attached hydrogen (secondary N) is 1. The van der Waals surface area contributed by atoms with Gasteiger partial charge in [0.25, 0.3) is 5.91 Å². The van der Waals surface area contributed by atoms with Crippen LogP contribution < -0.4 is 19.5 Å². The summed E-state index contributed by atoms with van der Waals surface area (Å²) in [5, 5.41) is 2.46. The average Bonchev–Trinajstić information content (AvgIpc) is 2.75. The van der Waals surface area contributed by atoms with Crippen LogP contribution in [0.4, 0.5) is 0 Å². The Bertz CT molecular complexity index is 851. The SMILES string of the molecule is COc1ccc(OC)c(C(=O)COC(=O)[C@H](C)NC(=O)COc2ccccc2)c1. The minimum atomic E-state index is -0.943. The first-order chi connectivity index (χ1) is 13.9. The average molecular weight is 401 g/mol. The van der Waals surface area contributed by atoms with Gasteiger partial charge in [0.1, 0.15) is 23.3 Å². The van der Waals surface area contributed by atoms with E-state index < -0.39 is 30.3 Å². The molecule has 2 rings (SSSR count). The number of amides is 1. The highest BCUT2D eigenvalue weighted by Crippen LogP contribution is 2.24. The van der Waals surface area contributed by atoms with Crippen LogP contribution in [-0.2, 0) is 14.3 Å². The molecule has 0 saturated heterocycles. The molecule has 0 aliphatic heterocycles. The van der Waals surface area contributed by atoms with Crippen molar-refractivity contribution in [2.75, 3.05) is 27.4 Å². The fourth-order valence-corrected chi connectivity index (χ4v) is 2.38. The third-order valence-electron chi connectivity index (χ3n) is 3.90. The number of Topliss-reactive ketones (excluding diaryl/α,β-unsaturated/α-hetero) is 1. The normalized spacial score (nSPS) is 11.1. The summed E-state index contributed by atoms with van der Waals surface area (Å²) in [5.41, 5.74) is 0.229. The number of carbonyl (C=O) groups excluding carboxylic acids is 3.